The molecule has 2 aromatic heterocycles. The first-order valence-electron chi connectivity index (χ1n) is 8.79. The summed E-state index contributed by atoms with van der Waals surface area (Å²) in [6.07, 6.45) is 2.32. The lowest BCUT2D eigenvalue weighted by atomic mass is 10.1. The van der Waals surface area contributed by atoms with Gasteiger partial charge in [-0.25, -0.2) is 4.98 Å². The monoisotopic (exact) mass is 432 g/mol. The third kappa shape index (κ3) is 5.49. The van der Waals surface area contributed by atoms with Crippen LogP contribution < -0.4 is 5.32 Å². The summed E-state index contributed by atoms with van der Waals surface area (Å²) in [6, 6.07) is 8.02. The lowest BCUT2D eigenvalue weighted by Gasteiger charge is -2.11. The SMILES string of the molecule is CCSc1nnc(NC(=O)C(CC)Sc2ncc(-c3ccc(C)cc3)nn2)s1. The van der Waals surface area contributed by atoms with E-state index in [0.29, 0.717) is 22.4 Å². The third-order valence-electron chi connectivity index (χ3n) is 3.70. The zero-order valence-corrected chi connectivity index (χ0v) is 18.2. The number of thioether (sulfide) groups is 2. The van der Waals surface area contributed by atoms with Crippen LogP contribution in [-0.4, -0.2) is 42.3 Å². The van der Waals surface area contributed by atoms with Crippen LogP contribution in [0.25, 0.3) is 11.3 Å². The van der Waals surface area contributed by atoms with Crippen LogP contribution in [0, 0.1) is 6.92 Å². The highest BCUT2D eigenvalue weighted by molar-refractivity contribution is 8.01. The molecule has 1 atom stereocenters. The molecule has 146 valence electrons. The lowest BCUT2D eigenvalue weighted by Crippen LogP contribution is -2.24. The smallest absolute Gasteiger partial charge is 0.239 e. The molecular weight excluding hydrogens is 412 g/mol. The number of aromatic nitrogens is 5. The van der Waals surface area contributed by atoms with E-state index in [1.54, 1.807) is 18.0 Å². The van der Waals surface area contributed by atoms with Gasteiger partial charge in [-0.2, -0.15) is 0 Å². The Bertz CT molecular complexity index is 914. The van der Waals surface area contributed by atoms with Crippen molar-refractivity contribution in [1.82, 2.24) is 25.4 Å². The fourth-order valence-corrected chi connectivity index (χ4v) is 4.69. The number of carbonyl (C=O) groups excluding carboxylic acids is 1. The van der Waals surface area contributed by atoms with Gasteiger partial charge in [0.15, 0.2) is 4.34 Å². The van der Waals surface area contributed by atoms with Gasteiger partial charge in [0.25, 0.3) is 0 Å². The minimum absolute atomic E-state index is 0.136. The van der Waals surface area contributed by atoms with E-state index in [1.807, 2.05) is 45.0 Å². The Morgan fingerprint density at radius 1 is 1.14 bits per heavy atom. The highest BCUT2D eigenvalue weighted by Crippen LogP contribution is 2.27. The van der Waals surface area contributed by atoms with Gasteiger partial charge in [-0.15, -0.1) is 20.4 Å². The van der Waals surface area contributed by atoms with E-state index in [-0.39, 0.29) is 11.2 Å². The van der Waals surface area contributed by atoms with Gasteiger partial charge in [0, 0.05) is 5.56 Å². The van der Waals surface area contributed by atoms with Gasteiger partial charge in [-0.1, -0.05) is 78.5 Å². The van der Waals surface area contributed by atoms with Gasteiger partial charge in [0.05, 0.1) is 11.4 Å². The molecule has 1 N–H and O–H groups in total. The molecule has 1 unspecified atom stereocenters. The summed E-state index contributed by atoms with van der Waals surface area (Å²) in [5.74, 6) is 0.779. The van der Waals surface area contributed by atoms with Crippen LogP contribution in [0.5, 0.6) is 0 Å². The van der Waals surface area contributed by atoms with Gasteiger partial charge >= 0.3 is 0 Å². The number of carbonyl (C=O) groups is 1. The largest absolute Gasteiger partial charge is 0.300 e. The number of hydrogen-bond acceptors (Lipinski definition) is 9. The second-order valence-electron chi connectivity index (χ2n) is 5.80. The molecule has 1 aromatic carbocycles. The number of rotatable bonds is 8. The molecule has 3 aromatic rings. The van der Waals surface area contributed by atoms with Crippen LogP contribution >= 0.6 is 34.9 Å². The molecule has 0 radical (unpaired) electrons. The number of nitrogens with zero attached hydrogens (tertiary/aromatic N) is 5. The molecule has 0 saturated carbocycles. The van der Waals surface area contributed by atoms with Crippen molar-refractivity contribution >= 4 is 45.9 Å². The highest BCUT2D eigenvalue weighted by Gasteiger charge is 2.21. The number of nitrogens with one attached hydrogen (secondary N) is 1. The minimum Gasteiger partial charge on any atom is -0.300 e. The molecule has 0 aliphatic heterocycles. The van der Waals surface area contributed by atoms with E-state index in [9.17, 15) is 4.79 Å². The first-order valence-corrected chi connectivity index (χ1v) is 11.5. The molecule has 1 amide bonds. The summed E-state index contributed by atoms with van der Waals surface area (Å²) in [6.45, 7) is 6.03. The molecule has 0 bridgehead atoms. The predicted octanol–water partition coefficient (Wildman–Crippen LogP) is 4.32. The van der Waals surface area contributed by atoms with Crippen LogP contribution in [0.15, 0.2) is 40.0 Å². The average molecular weight is 433 g/mol. The molecular formula is C18H20N6OS3. The van der Waals surface area contributed by atoms with E-state index in [2.05, 4.69) is 30.7 Å². The van der Waals surface area contributed by atoms with E-state index < -0.39 is 0 Å². The normalized spacial score (nSPS) is 12.0. The summed E-state index contributed by atoms with van der Waals surface area (Å²) in [7, 11) is 0. The number of amides is 1. The number of aryl methyl sites for hydroxylation is 1. The van der Waals surface area contributed by atoms with Crippen molar-refractivity contribution in [2.45, 2.75) is 41.9 Å². The van der Waals surface area contributed by atoms with Crippen molar-refractivity contribution < 1.29 is 4.79 Å². The maximum atomic E-state index is 12.6. The first-order chi connectivity index (χ1) is 13.6. The fourth-order valence-electron chi connectivity index (χ4n) is 2.25. The van der Waals surface area contributed by atoms with Crippen molar-refractivity contribution in [2.24, 2.45) is 0 Å². The van der Waals surface area contributed by atoms with E-state index >= 15 is 0 Å². The minimum atomic E-state index is -0.335. The maximum absolute atomic E-state index is 12.6. The van der Waals surface area contributed by atoms with Crippen molar-refractivity contribution in [3.05, 3.63) is 36.0 Å². The second kappa shape index (κ2) is 9.94. The first kappa shape index (κ1) is 20.7. The molecule has 28 heavy (non-hydrogen) atoms. The van der Waals surface area contributed by atoms with Crippen LogP contribution in [0.3, 0.4) is 0 Å². The van der Waals surface area contributed by atoms with Crippen molar-refractivity contribution in [3.63, 3.8) is 0 Å². The van der Waals surface area contributed by atoms with E-state index in [1.165, 1.54) is 28.7 Å². The van der Waals surface area contributed by atoms with Crippen molar-refractivity contribution in [2.75, 3.05) is 11.1 Å². The summed E-state index contributed by atoms with van der Waals surface area (Å²) in [5, 5.41) is 20.0. The molecule has 0 aliphatic carbocycles. The summed E-state index contributed by atoms with van der Waals surface area (Å²) in [4.78, 5) is 16.9. The third-order valence-corrected chi connectivity index (χ3v) is 6.79. The Balaban J connectivity index is 1.63. The van der Waals surface area contributed by atoms with Gasteiger partial charge in [-0.05, 0) is 19.1 Å². The Morgan fingerprint density at radius 2 is 1.93 bits per heavy atom. The second-order valence-corrected chi connectivity index (χ2v) is 9.46. The van der Waals surface area contributed by atoms with Gasteiger partial charge < -0.3 is 0 Å². The fraction of sp³-hybridized carbons (Fsp3) is 0.333. The molecule has 0 aliphatic rings. The highest BCUT2D eigenvalue weighted by atomic mass is 32.2. The lowest BCUT2D eigenvalue weighted by molar-refractivity contribution is -0.115. The Kier molecular flexibility index (Phi) is 7.35. The molecule has 0 spiro atoms. The zero-order chi connectivity index (χ0) is 19.9. The maximum Gasteiger partial charge on any atom is 0.239 e. The van der Waals surface area contributed by atoms with Crippen LogP contribution in [0.4, 0.5) is 5.13 Å². The van der Waals surface area contributed by atoms with Gasteiger partial charge in [0.2, 0.25) is 16.2 Å². The van der Waals surface area contributed by atoms with E-state index in [4.69, 9.17) is 0 Å². The molecule has 0 fully saturated rings. The summed E-state index contributed by atoms with van der Waals surface area (Å²) in [5.41, 5.74) is 2.85. The van der Waals surface area contributed by atoms with Crippen LogP contribution in [0.1, 0.15) is 25.8 Å². The standard InChI is InChI=1S/C18H20N6OS3/c1-4-14(15(25)20-17-23-24-18(28-17)26-5-2)27-16-19-10-13(21-22-16)12-8-6-11(3)7-9-12/h6-10,14H,4-5H2,1-3H3,(H,20,23,25). The Labute approximate surface area is 176 Å². The Morgan fingerprint density at radius 3 is 2.57 bits per heavy atom. The summed E-state index contributed by atoms with van der Waals surface area (Å²) >= 11 is 4.27. The van der Waals surface area contributed by atoms with Crippen molar-refractivity contribution in [3.8, 4) is 11.3 Å². The van der Waals surface area contributed by atoms with Gasteiger partial charge in [0.1, 0.15) is 5.69 Å². The van der Waals surface area contributed by atoms with Crippen molar-refractivity contribution in [1.29, 1.82) is 0 Å². The quantitative estimate of drug-likeness (QED) is 0.415. The molecule has 10 heteroatoms. The van der Waals surface area contributed by atoms with Gasteiger partial charge in [-0.3, -0.25) is 10.1 Å². The van der Waals surface area contributed by atoms with E-state index in [0.717, 1.165) is 15.7 Å². The number of anilines is 1. The topological polar surface area (TPSA) is 93.6 Å². The molecule has 0 saturated heterocycles. The molecule has 3 rings (SSSR count). The molecule has 7 nitrogen and oxygen atoms in total. The molecule has 2 heterocycles. The van der Waals surface area contributed by atoms with Crippen LogP contribution in [0.2, 0.25) is 0 Å². The zero-order valence-electron chi connectivity index (χ0n) is 15.7. The Hall–Kier alpha value is -2.04. The average Bonchev–Trinajstić information content (AvgIpc) is 3.14. The number of benzene rings is 1. The van der Waals surface area contributed by atoms with Crippen LogP contribution in [-0.2, 0) is 4.79 Å². The predicted molar refractivity (Wildman–Crippen MR) is 115 cm³/mol. The summed E-state index contributed by atoms with van der Waals surface area (Å²) < 4.78 is 0.845. The number of hydrogen-bond donors (Lipinski definition) is 1.